The zero-order valence-corrected chi connectivity index (χ0v) is 14.9. The fourth-order valence-electron chi connectivity index (χ4n) is 2.80. The maximum Gasteiger partial charge on any atom is 0.208 e. The molecule has 5 N–H and O–H groups in total. The smallest absolute Gasteiger partial charge is 0.208 e. The van der Waals surface area contributed by atoms with E-state index in [4.69, 9.17) is 15.2 Å². The first-order valence-electron chi connectivity index (χ1n) is 8.76. The molecule has 4 atom stereocenters. The van der Waals surface area contributed by atoms with Gasteiger partial charge < -0.3 is 30.5 Å². The Bertz CT molecular complexity index is 845. The van der Waals surface area contributed by atoms with Crippen LogP contribution in [0.15, 0.2) is 6.33 Å². The molecule has 0 aromatic carbocycles. The van der Waals surface area contributed by atoms with Crippen LogP contribution in [0.4, 0.5) is 5.82 Å². The Labute approximate surface area is 156 Å². The number of aliphatic hydroxyl groups excluding tert-OH is 3. The van der Waals surface area contributed by atoms with Gasteiger partial charge in [0.25, 0.3) is 0 Å². The summed E-state index contributed by atoms with van der Waals surface area (Å²) in [6, 6.07) is 0. The molecule has 0 aliphatic carbocycles. The Morgan fingerprint density at radius 3 is 2.81 bits per heavy atom. The van der Waals surface area contributed by atoms with E-state index in [1.807, 2.05) is 6.92 Å². The summed E-state index contributed by atoms with van der Waals surface area (Å²) in [5.41, 5.74) is 6.60. The number of aliphatic hydroxyl groups is 3. The van der Waals surface area contributed by atoms with E-state index in [1.165, 1.54) is 10.9 Å². The number of nitrogens with zero attached hydrogens (tertiary/aromatic N) is 4. The van der Waals surface area contributed by atoms with Crippen LogP contribution in [-0.2, 0) is 9.47 Å². The molecule has 1 saturated heterocycles. The molecule has 0 radical (unpaired) electrons. The van der Waals surface area contributed by atoms with Crippen LogP contribution < -0.4 is 5.73 Å². The largest absolute Gasteiger partial charge is 0.394 e. The molecule has 1 aliphatic rings. The maximum absolute atomic E-state index is 10.2. The van der Waals surface area contributed by atoms with Gasteiger partial charge in [0, 0.05) is 13.0 Å². The van der Waals surface area contributed by atoms with Crippen molar-refractivity contribution >= 4 is 17.0 Å². The van der Waals surface area contributed by atoms with Crippen molar-refractivity contribution in [3.63, 3.8) is 0 Å². The summed E-state index contributed by atoms with van der Waals surface area (Å²) in [4.78, 5) is 12.6. The number of aromatic nitrogens is 4. The molecule has 0 saturated carbocycles. The first-order chi connectivity index (χ1) is 13.1. The Morgan fingerprint density at radius 1 is 1.30 bits per heavy atom. The van der Waals surface area contributed by atoms with Crippen molar-refractivity contribution in [1.82, 2.24) is 19.5 Å². The van der Waals surface area contributed by atoms with Crippen LogP contribution in [0.5, 0.6) is 0 Å². The highest BCUT2D eigenvalue weighted by Gasteiger charge is 2.44. The molecule has 10 nitrogen and oxygen atoms in total. The van der Waals surface area contributed by atoms with E-state index in [9.17, 15) is 15.3 Å². The fourth-order valence-corrected chi connectivity index (χ4v) is 2.80. The summed E-state index contributed by atoms with van der Waals surface area (Å²) in [5, 5.41) is 29.4. The minimum absolute atomic E-state index is 0.150. The molecule has 1 fully saturated rings. The van der Waals surface area contributed by atoms with Gasteiger partial charge in [-0.05, 0) is 12.3 Å². The lowest BCUT2D eigenvalue weighted by Crippen LogP contribution is -2.33. The van der Waals surface area contributed by atoms with Crippen LogP contribution in [-0.4, -0.2) is 73.0 Å². The zero-order valence-electron chi connectivity index (χ0n) is 14.9. The van der Waals surface area contributed by atoms with Gasteiger partial charge in [-0.1, -0.05) is 12.8 Å². The first kappa shape index (κ1) is 19.5. The van der Waals surface area contributed by atoms with Gasteiger partial charge in [0.1, 0.15) is 23.8 Å². The summed E-state index contributed by atoms with van der Waals surface area (Å²) < 4.78 is 12.3. The van der Waals surface area contributed by atoms with Crippen molar-refractivity contribution < 1.29 is 24.8 Å². The lowest BCUT2D eigenvalue weighted by Gasteiger charge is -2.16. The van der Waals surface area contributed by atoms with Crippen molar-refractivity contribution in [1.29, 1.82) is 0 Å². The van der Waals surface area contributed by atoms with Crippen molar-refractivity contribution in [3.05, 3.63) is 12.2 Å². The van der Waals surface area contributed by atoms with Crippen molar-refractivity contribution in [2.45, 2.75) is 44.3 Å². The number of nitrogens with two attached hydrogens (primary N) is 1. The molecule has 1 unspecified atom stereocenters. The first-order valence-corrected chi connectivity index (χ1v) is 8.76. The normalized spacial score (nSPS) is 24.9. The van der Waals surface area contributed by atoms with E-state index in [-0.39, 0.29) is 11.6 Å². The molecule has 27 heavy (non-hydrogen) atoms. The van der Waals surface area contributed by atoms with Gasteiger partial charge in [0.05, 0.1) is 19.5 Å². The summed E-state index contributed by atoms with van der Waals surface area (Å²) in [5.74, 6) is 6.12. The number of hydrogen-bond donors (Lipinski definition) is 4. The monoisotopic (exact) mass is 377 g/mol. The van der Waals surface area contributed by atoms with E-state index in [0.717, 1.165) is 6.42 Å². The van der Waals surface area contributed by atoms with Crippen molar-refractivity contribution in [2.24, 2.45) is 0 Å². The van der Waals surface area contributed by atoms with E-state index >= 15 is 0 Å². The van der Waals surface area contributed by atoms with Crippen molar-refractivity contribution in [2.75, 3.05) is 25.6 Å². The van der Waals surface area contributed by atoms with Crippen LogP contribution in [0.3, 0.4) is 0 Å². The second kappa shape index (κ2) is 8.60. The van der Waals surface area contributed by atoms with E-state index < -0.39 is 31.1 Å². The van der Waals surface area contributed by atoms with Gasteiger partial charge >= 0.3 is 0 Å². The highest BCUT2D eigenvalue weighted by Crippen LogP contribution is 2.31. The summed E-state index contributed by atoms with van der Waals surface area (Å²) in [6.45, 7) is 2.84. The Kier molecular flexibility index (Phi) is 6.20. The molecule has 10 heteroatoms. The van der Waals surface area contributed by atoms with Gasteiger partial charge in [-0.3, -0.25) is 4.57 Å². The van der Waals surface area contributed by atoms with E-state index in [0.29, 0.717) is 30.8 Å². The molecule has 3 heterocycles. The molecule has 2 aromatic heterocycles. The van der Waals surface area contributed by atoms with E-state index in [1.54, 1.807) is 0 Å². The quantitative estimate of drug-likeness (QED) is 0.374. The number of fused-ring (bicyclic) bond motifs is 1. The molecule has 0 bridgehead atoms. The van der Waals surface area contributed by atoms with Crippen LogP contribution in [0.1, 0.15) is 31.8 Å². The molecule has 146 valence electrons. The summed E-state index contributed by atoms with van der Waals surface area (Å²) >= 11 is 0. The Morgan fingerprint density at radius 2 is 2.11 bits per heavy atom. The minimum Gasteiger partial charge on any atom is -0.394 e. The standard InChI is InChI=1S/C17H23N5O5/c1-2-6-26-7-4-3-5-11-20-15(18)12-16(21-11)22(9-19-12)17-14(25)13(24)10(8-23)27-17/h9-10,13-14,17,23-25H,2,4,6-8H2,1H3,(H2,18,20,21)/t10-,13-,14-,17?/m1/s1. The average Bonchev–Trinajstić information content (AvgIpc) is 3.20. The van der Waals surface area contributed by atoms with Crippen LogP contribution in [0, 0.1) is 11.8 Å². The molecule has 2 aromatic rings. The minimum atomic E-state index is -1.25. The number of anilines is 1. The van der Waals surface area contributed by atoms with E-state index in [2.05, 4.69) is 26.8 Å². The van der Waals surface area contributed by atoms with Crippen LogP contribution >= 0.6 is 0 Å². The molecular formula is C17H23N5O5. The van der Waals surface area contributed by atoms with Gasteiger partial charge in [-0.15, -0.1) is 0 Å². The molecule has 0 spiro atoms. The number of hydrogen-bond acceptors (Lipinski definition) is 9. The van der Waals surface area contributed by atoms with Gasteiger partial charge in [0.15, 0.2) is 17.7 Å². The van der Waals surface area contributed by atoms with Gasteiger partial charge in [-0.2, -0.15) is 0 Å². The lowest BCUT2D eigenvalue weighted by atomic mass is 10.1. The van der Waals surface area contributed by atoms with Gasteiger partial charge in [-0.25, -0.2) is 15.0 Å². The third-order valence-corrected chi connectivity index (χ3v) is 4.16. The molecule has 0 amide bonds. The average molecular weight is 377 g/mol. The lowest BCUT2D eigenvalue weighted by molar-refractivity contribution is -0.0511. The number of ether oxygens (including phenoxy) is 2. The fraction of sp³-hybridized carbons (Fsp3) is 0.588. The molecule has 1 aliphatic heterocycles. The van der Waals surface area contributed by atoms with Crippen LogP contribution in [0.2, 0.25) is 0 Å². The highest BCUT2D eigenvalue weighted by molar-refractivity contribution is 5.82. The zero-order chi connectivity index (χ0) is 19.4. The SMILES string of the molecule is CCCOCCC#Cc1nc(N)c2ncn(C3O[C@H](CO)[C@@H](O)[C@H]3O)c2n1. The highest BCUT2D eigenvalue weighted by atomic mass is 16.6. The Balaban J connectivity index is 1.84. The number of imidazole rings is 1. The third-order valence-electron chi connectivity index (χ3n) is 4.16. The summed E-state index contributed by atoms with van der Waals surface area (Å²) in [6.07, 6.45) is -1.45. The van der Waals surface area contributed by atoms with Crippen LogP contribution in [0.25, 0.3) is 11.2 Å². The van der Waals surface area contributed by atoms with Gasteiger partial charge in [0.2, 0.25) is 5.82 Å². The predicted octanol–water partition coefficient (Wildman–Crippen LogP) is -0.812. The third kappa shape index (κ3) is 4.02. The number of nitrogen functional groups attached to an aromatic ring is 1. The maximum atomic E-state index is 10.2. The molecular weight excluding hydrogens is 354 g/mol. The second-order valence-electron chi connectivity index (χ2n) is 6.15. The molecule has 3 rings (SSSR count). The second-order valence-corrected chi connectivity index (χ2v) is 6.15. The Hall–Kier alpha value is -2.29. The predicted molar refractivity (Wildman–Crippen MR) is 95.3 cm³/mol. The topological polar surface area (TPSA) is 149 Å². The summed E-state index contributed by atoms with van der Waals surface area (Å²) in [7, 11) is 0. The number of rotatable bonds is 6. The van der Waals surface area contributed by atoms with Crippen molar-refractivity contribution in [3.8, 4) is 11.8 Å².